The van der Waals surface area contributed by atoms with Crippen LogP contribution in [0.2, 0.25) is 0 Å². The van der Waals surface area contributed by atoms with Gasteiger partial charge in [-0.1, -0.05) is 13.8 Å². The van der Waals surface area contributed by atoms with E-state index in [4.69, 9.17) is 0 Å². The van der Waals surface area contributed by atoms with E-state index in [1.165, 1.54) is 18.6 Å². The lowest BCUT2D eigenvalue weighted by Crippen LogP contribution is -2.25. The Morgan fingerprint density at radius 2 is 2.33 bits per heavy atom. The van der Waals surface area contributed by atoms with Gasteiger partial charge in [-0.2, -0.15) is 11.8 Å². The smallest absolute Gasteiger partial charge is 0.203 e. The number of hydrogen-bond acceptors (Lipinski definition) is 3. The molecule has 1 N–H and O–H groups in total. The highest BCUT2D eigenvalue weighted by molar-refractivity contribution is 8.00. The summed E-state index contributed by atoms with van der Waals surface area (Å²) in [5.41, 5.74) is 1.10. The van der Waals surface area contributed by atoms with E-state index in [1.54, 1.807) is 0 Å². The Hall–Kier alpha value is -0.640. The number of aromatic nitrogens is 2. The minimum Gasteiger partial charge on any atom is -0.355 e. The molecule has 1 atom stereocenters. The number of anilines is 1. The second-order valence-electron chi connectivity index (χ2n) is 6.01. The Morgan fingerprint density at radius 3 is 2.94 bits per heavy atom. The van der Waals surface area contributed by atoms with Crippen LogP contribution in [0.4, 0.5) is 5.95 Å². The lowest BCUT2D eigenvalue weighted by molar-refractivity contribution is 0.512. The van der Waals surface area contributed by atoms with Crippen LogP contribution in [0, 0.1) is 12.8 Å². The molecule has 1 aromatic heterocycles. The molecule has 3 nitrogen and oxygen atoms in total. The van der Waals surface area contributed by atoms with E-state index in [1.807, 2.05) is 0 Å². The molecule has 2 heterocycles. The summed E-state index contributed by atoms with van der Waals surface area (Å²) in [6.45, 7) is 11.0. The molecule has 0 aliphatic carbocycles. The van der Waals surface area contributed by atoms with Gasteiger partial charge in [-0.15, -0.1) is 0 Å². The maximum atomic E-state index is 4.60. The van der Waals surface area contributed by atoms with Crippen molar-refractivity contribution in [2.75, 3.05) is 17.6 Å². The van der Waals surface area contributed by atoms with Crippen LogP contribution in [0.15, 0.2) is 6.20 Å². The summed E-state index contributed by atoms with van der Waals surface area (Å²) in [6, 6.07) is 0. The monoisotopic (exact) mass is 267 g/mol. The number of nitrogens with one attached hydrogen (secondary N) is 1. The second-order valence-corrected chi connectivity index (χ2v) is 7.69. The minimum atomic E-state index is 0.390. The average molecular weight is 267 g/mol. The van der Waals surface area contributed by atoms with Gasteiger partial charge in [0.25, 0.3) is 0 Å². The Morgan fingerprint density at radius 1 is 1.56 bits per heavy atom. The Kier molecular flexibility index (Phi) is 4.25. The van der Waals surface area contributed by atoms with E-state index < -0.39 is 0 Å². The van der Waals surface area contributed by atoms with Gasteiger partial charge in [0.15, 0.2) is 0 Å². The van der Waals surface area contributed by atoms with Crippen LogP contribution in [0.25, 0.3) is 0 Å². The molecule has 1 aromatic rings. The summed E-state index contributed by atoms with van der Waals surface area (Å²) in [5, 5.41) is 3.47. The summed E-state index contributed by atoms with van der Waals surface area (Å²) < 4.78 is 2.69. The second kappa shape index (κ2) is 5.55. The summed E-state index contributed by atoms with van der Waals surface area (Å²) >= 11 is 2.11. The molecule has 1 aliphatic rings. The molecule has 0 amide bonds. The van der Waals surface area contributed by atoms with Gasteiger partial charge in [0.2, 0.25) is 5.95 Å². The van der Waals surface area contributed by atoms with Gasteiger partial charge >= 0.3 is 0 Å². The van der Waals surface area contributed by atoms with Crippen molar-refractivity contribution in [1.29, 1.82) is 0 Å². The van der Waals surface area contributed by atoms with Crippen molar-refractivity contribution in [2.45, 2.75) is 51.8 Å². The number of aryl methyl sites for hydroxylation is 1. The highest BCUT2D eigenvalue weighted by Gasteiger charge is 2.30. The maximum Gasteiger partial charge on any atom is 0.203 e. The van der Waals surface area contributed by atoms with Gasteiger partial charge in [-0.05, 0) is 38.4 Å². The zero-order valence-electron chi connectivity index (χ0n) is 12.0. The fourth-order valence-corrected chi connectivity index (χ4v) is 3.73. The molecular formula is C14H25N3S. The Bertz CT molecular complexity index is 392. The van der Waals surface area contributed by atoms with Crippen LogP contribution in [0.1, 0.15) is 39.3 Å². The third-order valence-corrected chi connectivity index (χ3v) is 4.89. The third-order valence-electron chi connectivity index (χ3n) is 3.37. The number of nitrogens with zero attached hydrogens (tertiary/aromatic N) is 2. The van der Waals surface area contributed by atoms with Crippen LogP contribution in [-0.4, -0.2) is 26.6 Å². The first-order chi connectivity index (χ1) is 8.48. The minimum absolute atomic E-state index is 0.390. The molecule has 4 heteroatoms. The van der Waals surface area contributed by atoms with E-state index in [-0.39, 0.29) is 0 Å². The summed E-state index contributed by atoms with van der Waals surface area (Å²) in [6.07, 6.45) is 4.84. The molecule has 18 heavy (non-hydrogen) atoms. The molecular weight excluding hydrogens is 242 g/mol. The van der Waals surface area contributed by atoms with Crippen molar-refractivity contribution in [3.05, 3.63) is 11.9 Å². The maximum absolute atomic E-state index is 4.60. The highest BCUT2D eigenvalue weighted by atomic mass is 32.2. The number of thioether (sulfide) groups is 1. The fourth-order valence-electron chi connectivity index (χ4n) is 2.43. The van der Waals surface area contributed by atoms with E-state index >= 15 is 0 Å². The van der Waals surface area contributed by atoms with Crippen molar-refractivity contribution < 1.29 is 0 Å². The lowest BCUT2D eigenvalue weighted by atomic mass is 10.1. The van der Waals surface area contributed by atoms with Crippen LogP contribution in [-0.2, 0) is 6.54 Å². The van der Waals surface area contributed by atoms with Crippen LogP contribution >= 0.6 is 11.8 Å². The number of hydrogen-bond donors (Lipinski definition) is 1. The zero-order chi connectivity index (χ0) is 13.2. The van der Waals surface area contributed by atoms with Gasteiger partial charge in [0.1, 0.15) is 0 Å². The molecule has 0 spiro atoms. The molecule has 0 radical (unpaired) electrons. The van der Waals surface area contributed by atoms with Crippen molar-refractivity contribution >= 4 is 17.7 Å². The fraction of sp³-hybridized carbons (Fsp3) is 0.786. The van der Waals surface area contributed by atoms with Crippen molar-refractivity contribution in [2.24, 2.45) is 5.92 Å². The van der Waals surface area contributed by atoms with Crippen molar-refractivity contribution in [1.82, 2.24) is 9.55 Å². The summed E-state index contributed by atoms with van der Waals surface area (Å²) in [5.74, 6) is 2.99. The van der Waals surface area contributed by atoms with E-state index in [0.29, 0.717) is 10.7 Å². The van der Waals surface area contributed by atoms with Crippen LogP contribution < -0.4 is 5.32 Å². The van der Waals surface area contributed by atoms with E-state index in [2.05, 4.69) is 60.5 Å². The largest absolute Gasteiger partial charge is 0.355 e. The van der Waals surface area contributed by atoms with Crippen LogP contribution in [0.5, 0.6) is 0 Å². The number of rotatable bonds is 5. The number of imidazole rings is 1. The first kappa shape index (κ1) is 13.8. The quantitative estimate of drug-likeness (QED) is 0.885. The standard InChI is InChI=1S/C14H25N3S/c1-11(2)8-15-13-16-12(3)9-17(13)10-14(4)6-5-7-18-14/h9,11H,5-8,10H2,1-4H3,(H,15,16). The summed E-state index contributed by atoms with van der Waals surface area (Å²) in [7, 11) is 0. The predicted octanol–water partition coefficient (Wildman–Crippen LogP) is 3.55. The molecule has 0 aromatic carbocycles. The van der Waals surface area contributed by atoms with Gasteiger partial charge in [0.05, 0.1) is 5.69 Å². The predicted molar refractivity (Wildman–Crippen MR) is 80.4 cm³/mol. The SMILES string of the molecule is Cc1cn(CC2(C)CCCS2)c(NCC(C)C)n1. The molecule has 1 unspecified atom stereocenters. The van der Waals surface area contributed by atoms with Gasteiger partial charge in [0, 0.05) is 24.0 Å². The normalized spacial score (nSPS) is 23.8. The molecule has 0 bridgehead atoms. The molecule has 1 aliphatic heterocycles. The van der Waals surface area contributed by atoms with Crippen molar-refractivity contribution in [3.63, 3.8) is 0 Å². The van der Waals surface area contributed by atoms with Gasteiger partial charge in [-0.3, -0.25) is 0 Å². The first-order valence-electron chi connectivity index (χ1n) is 6.90. The zero-order valence-corrected chi connectivity index (χ0v) is 12.8. The van der Waals surface area contributed by atoms with E-state index in [9.17, 15) is 0 Å². The Balaban J connectivity index is 2.06. The summed E-state index contributed by atoms with van der Waals surface area (Å²) in [4.78, 5) is 4.60. The van der Waals surface area contributed by atoms with Crippen molar-refractivity contribution in [3.8, 4) is 0 Å². The highest BCUT2D eigenvalue weighted by Crippen LogP contribution is 2.39. The lowest BCUT2D eigenvalue weighted by Gasteiger charge is -2.24. The van der Waals surface area contributed by atoms with Gasteiger partial charge < -0.3 is 9.88 Å². The molecule has 2 rings (SSSR count). The van der Waals surface area contributed by atoms with E-state index in [0.717, 1.165) is 24.7 Å². The topological polar surface area (TPSA) is 29.9 Å². The Labute approximate surface area is 115 Å². The van der Waals surface area contributed by atoms with Crippen LogP contribution in [0.3, 0.4) is 0 Å². The molecule has 0 saturated carbocycles. The molecule has 1 saturated heterocycles. The molecule has 1 fully saturated rings. The third kappa shape index (κ3) is 3.44. The first-order valence-corrected chi connectivity index (χ1v) is 7.89. The van der Waals surface area contributed by atoms with Gasteiger partial charge in [-0.25, -0.2) is 4.98 Å². The average Bonchev–Trinajstić information content (AvgIpc) is 2.83. The molecule has 102 valence electrons.